The molecule has 21 heavy (non-hydrogen) atoms. The Bertz CT molecular complexity index is 633. The molecule has 0 bridgehead atoms. The maximum absolute atomic E-state index is 13.0. The van der Waals surface area contributed by atoms with E-state index in [-0.39, 0.29) is 30.5 Å². The molecule has 0 atom stereocenters. The quantitative estimate of drug-likeness (QED) is 0.846. The SMILES string of the molecule is Cc1cc(F)ccc1S(=O)(=O)NCCN1CCOCC1=O. The summed E-state index contributed by atoms with van der Waals surface area (Å²) in [6.07, 6.45) is 0. The van der Waals surface area contributed by atoms with E-state index >= 15 is 0 Å². The number of nitrogens with zero attached hydrogens (tertiary/aromatic N) is 1. The number of ether oxygens (including phenoxy) is 1. The van der Waals surface area contributed by atoms with Gasteiger partial charge in [-0.2, -0.15) is 0 Å². The Labute approximate surface area is 122 Å². The molecule has 1 aromatic carbocycles. The monoisotopic (exact) mass is 316 g/mol. The zero-order valence-corrected chi connectivity index (χ0v) is 12.5. The van der Waals surface area contributed by atoms with Crippen molar-refractivity contribution in [1.82, 2.24) is 9.62 Å². The van der Waals surface area contributed by atoms with Crippen LogP contribution in [0.1, 0.15) is 5.56 Å². The summed E-state index contributed by atoms with van der Waals surface area (Å²) in [6, 6.07) is 3.50. The van der Waals surface area contributed by atoms with Gasteiger partial charge in [0.05, 0.1) is 11.5 Å². The highest BCUT2D eigenvalue weighted by molar-refractivity contribution is 7.89. The van der Waals surface area contributed by atoms with E-state index in [0.717, 1.165) is 6.07 Å². The van der Waals surface area contributed by atoms with Gasteiger partial charge in [-0.25, -0.2) is 17.5 Å². The number of halogens is 1. The van der Waals surface area contributed by atoms with E-state index in [1.165, 1.54) is 19.1 Å². The van der Waals surface area contributed by atoms with Gasteiger partial charge in [-0.05, 0) is 30.7 Å². The number of nitrogens with one attached hydrogen (secondary N) is 1. The van der Waals surface area contributed by atoms with Crippen LogP contribution in [0.5, 0.6) is 0 Å². The van der Waals surface area contributed by atoms with Crippen LogP contribution in [-0.4, -0.2) is 52.1 Å². The standard InChI is InChI=1S/C13H17FN2O4S/c1-10-8-11(14)2-3-12(10)21(18,19)15-4-5-16-6-7-20-9-13(16)17/h2-3,8,15H,4-7,9H2,1H3. The van der Waals surface area contributed by atoms with Crippen LogP contribution in [0, 0.1) is 12.7 Å². The first-order valence-corrected chi connectivity index (χ1v) is 8.00. The Balaban J connectivity index is 1.96. The molecular formula is C13H17FN2O4S. The van der Waals surface area contributed by atoms with Crippen LogP contribution in [-0.2, 0) is 19.6 Å². The van der Waals surface area contributed by atoms with Crippen molar-refractivity contribution < 1.29 is 22.3 Å². The summed E-state index contributed by atoms with van der Waals surface area (Å²) in [4.78, 5) is 13.1. The van der Waals surface area contributed by atoms with E-state index in [1.807, 2.05) is 0 Å². The van der Waals surface area contributed by atoms with Gasteiger partial charge in [0.2, 0.25) is 15.9 Å². The van der Waals surface area contributed by atoms with Crippen molar-refractivity contribution in [3.8, 4) is 0 Å². The lowest BCUT2D eigenvalue weighted by Crippen LogP contribution is -2.45. The molecule has 8 heteroatoms. The molecule has 116 valence electrons. The summed E-state index contributed by atoms with van der Waals surface area (Å²) in [5.74, 6) is -0.635. The summed E-state index contributed by atoms with van der Waals surface area (Å²) >= 11 is 0. The highest BCUT2D eigenvalue weighted by atomic mass is 32.2. The number of aryl methyl sites for hydroxylation is 1. The summed E-state index contributed by atoms with van der Waals surface area (Å²) in [5.41, 5.74) is 0.338. The lowest BCUT2D eigenvalue weighted by atomic mass is 10.2. The molecule has 1 aliphatic rings. The summed E-state index contributed by atoms with van der Waals surface area (Å²) < 4.78 is 44.7. The Morgan fingerprint density at radius 3 is 2.86 bits per heavy atom. The van der Waals surface area contributed by atoms with Gasteiger partial charge in [-0.3, -0.25) is 4.79 Å². The molecule has 1 amide bonds. The van der Waals surface area contributed by atoms with Crippen LogP contribution in [0.2, 0.25) is 0 Å². The second kappa shape index (κ2) is 6.50. The van der Waals surface area contributed by atoms with Crippen molar-refractivity contribution >= 4 is 15.9 Å². The summed E-state index contributed by atoms with van der Waals surface area (Å²) in [5, 5.41) is 0. The van der Waals surface area contributed by atoms with E-state index < -0.39 is 15.8 Å². The van der Waals surface area contributed by atoms with E-state index in [1.54, 1.807) is 4.90 Å². The van der Waals surface area contributed by atoms with Gasteiger partial charge in [0.15, 0.2) is 0 Å². The van der Waals surface area contributed by atoms with Gasteiger partial charge >= 0.3 is 0 Å². The third kappa shape index (κ3) is 3.99. The van der Waals surface area contributed by atoms with Crippen molar-refractivity contribution in [3.05, 3.63) is 29.6 Å². The molecule has 1 aromatic rings. The van der Waals surface area contributed by atoms with Gasteiger partial charge in [0.25, 0.3) is 0 Å². The molecule has 2 rings (SSSR count). The zero-order chi connectivity index (χ0) is 15.5. The lowest BCUT2D eigenvalue weighted by molar-refractivity contribution is -0.142. The van der Waals surface area contributed by atoms with Gasteiger partial charge in [0, 0.05) is 19.6 Å². The van der Waals surface area contributed by atoms with Crippen LogP contribution in [0.25, 0.3) is 0 Å². The minimum Gasteiger partial charge on any atom is -0.370 e. The number of rotatable bonds is 5. The fraction of sp³-hybridized carbons (Fsp3) is 0.462. The number of carbonyl (C=O) groups excluding carboxylic acids is 1. The van der Waals surface area contributed by atoms with Gasteiger partial charge in [0.1, 0.15) is 12.4 Å². The molecule has 0 aromatic heterocycles. The van der Waals surface area contributed by atoms with Crippen molar-refractivity contribution in [3.63, 3.8) is 0 Å². The molecule has 0 saturated carbocycles. The second-order valence-corrected chi connectivity index (χ2v) is 6.48. The average Bonchev–Trinajstić information content (AvgIpc) is 2.40. The highest BCUT2D eigenvalue weighted by Gasteiger charge is 2.20. The van der Waals surface area contributed by atoms with Crippen LogP contribution in [0.3, 0.4) is 0 Å². The molecule has 1 heterocycles. The Kier molecular flexibility index (Phi) is 4.92. The van der Waals surface area contributed by atoms with Crippen LogP contribution < -0.4 is 4.72 Å². The molecule has 6 nitrogen and oxygen atoms in total. The number of hydrogen-bond donors (Lipinski definition) is 1. The predicted molar refractivity (Wildman–Crippen MR) is 73.7 cm³/mol. The fourth-order valence-electron chi connectivity index (χ4n) is 2.09. The van der Waals surface area contributed by atoms with Gasteiger partial charge in [-0.15, -0.1) is 0 Å². The third-order valence-electron chi connectivity index (χ3n) is 3.18. The summed E-state index contributed by atoms with van der Waals surface area (Å²) in [7, 11) is -3.71. The molecule has 0 unspecified atom stereocenters. The Hall–Kier alpha value is -1.51. The van der Waals surface area contributed by atoms with Gasteiger partial charge in [-0.1, -0.05) is 0 Å². The number of benzene rings is 1. The number of sulfonamides is 1. The fourth-order valence-corrected chi connectivity index (χ4v) is 3.34. The van der Waals surface area contributed by atoms with Crippen molar-refractivity contribution in [1.29, 1.82) is 0 Å². The first-order chi connectivity index (χ1) is 9.90. The molecule has 1 fully saturated rings. The molecule has 1 aliphatic heterocycles. The molecule has 0 radical (unpaired) electrons. The highest BCUT2D eigenvalue weighted by Crippen LogP contribution is 2.15. The predicted octanol–water partition coefficient (Wildman–Crippen LogP) is 0.271. The first-order valence-electron chi connectivity index (χ1n) is 6.51. The van der Waals surface area contributed by atoms with E-state index in [0.29, 0.717) is 18.7 Å². The maximum Gasteiger partial charge on any atom is 0.248 e. The van der Waals surface area contributed by atoms with Gasteiger partial charge < -0.3 is 9.64 Å². The minimum absolute atomic E-state index is 0.0316. The van der Waals surface area contributed by atoms with E-state index in [9.17, 15) is 17.6 Å². The number of amides is 1. The molecule has 1 N–H and O–H groups in total. The number of hydrogen-bond acceptors (Lipinski definition) is 4. The normalized spacial score (nSPS) is 16.3. The average molecular weight is 316 g/mol. The van der Waals surface area contributed by atoms with Crippen molar-refractivity contribution in [2.45, 2.75) is 11.8 Å². The lowest BCUT2D eigenvalue weighted by Gasteiger charge is -2.26. The number of carbonyl (C=O) groups is 1. The molecule has 0 aliphatic carbocycles. The van der Waals surface area contributed by atoms with Crippen LogP contribution in [0.15, 0.2) is 23.1 Å². The Morgan fingerprint density at radius 2 is 2.19 bits per heavy atom. The smallest absolute Gasteiger partial charge is 0.248 e. The molecule has 0 spiro atoms. The van der Waals surface area contributed by atoms with Crippen molar-refractivity contribution in [2.75, 3.05) is 32.8 Å². The third-order valence-corrected chi connectivity index (χ3v) is 4.81. The first kappa shape index (κ1) is 15.9. The second-order valence-electron chi connectivity index (χ2n) is 4.74. The number of morpholine rings is 1. The Morgan fingerprint density at radius 1 is 1.43 bits per heavy atom. The topological polar surface area (TPSA) is 75.7 Å². The maximum atomic E-state index is 13.0. The molecule has 1 saturated heterocycles. The zero-order valence-electron chi connectivity index (χ0n) is 11.6. The molecular weight excluding hydrogens is 299 g/mol. The van der Waals surface area contributed by atoms with Crippen molar-refractivity contribution in [2.24, 2.45) is 0 Å². The largest absolute Gasteiger partial charge is 0.370 e. The van der Waals surface area contributed by atoms with E-state index in [4.69, 9.17) is 4.74 Å². The van der Waals surface area contributed by atoms with Crippen LogP contribution in [0.4, 0.5) is 4.39 Å². The minimum atomic E-state index is -3.71. The van der Waals surface area contributed by atoms with Crippen LogP contribution >= 0.6 is 0 Å². The van der Waals surface area contributed by atoms with E-state index in [2.05, 4.69) is 4.72 Å². The summed E-state index contributed by atoms with van der Waals surface area (Å²) in [6.45, 7) is 2.85.